The van der Waals surface area contributed by atoms with Gasteiger partial charge in [0.05, 0.1) is 6.54 Å². The van der Waals surface area contributed by atoms with Crippen molar-refractivity contribution >= 4 is 11.5 Å². The molecule has 1 aromatic carbocycles. The Balaban J connectivity index is 2.09. The Morgan fingerprint density at radius 1 is 1.25 bits per heavy atom. The third-order valence-corrected chi connectivity index (χ3v) is 3.25. The number of rotatable bonds is 8. The van der Waals surface area contributed by atoms with E-state index < -0.39 is 0 Å². The summed E-state index contributed by atoms with van der Waals surface area (Å²) in [4.78, 5) is 0. The van der Waals surface area contributed by atoms with Crippen LogP contribution in [0.5, 0.6) is 0 Å². The van der Waals surface area contributed by atoms with Crippen LogP contribution >= 0.6 is 0 Å². The molecule has 0 bridgehead atoms. The molecule has 0 fully saturated rings. The molecule has 0 atom stereocenters. The van der Waals surface area contributed by atoms with Gasteiger partial charge in [-0.3, -0.25) is 4.68 Å². The van der Waals surface area contributed by atoms with Gasteiger partial charge in [0.2, 0.25) is 0 Å². The van der Waals surface area contributed by atoms with Gasteiger partial charge >= 0.3 is 0 Å². The van der Waals surface area contributed by atoms with Gasteiger partial charge < -0.3 is 5.32 Å². The van der Waals surface area contributed by atoms with Gasteiger partial charge in [-0.2, -0.15) is 5.10 Å². The zero-order valence-corrected chi connectivity index (χ0v) is 12.2. The van der Waals surface area contributed by atoms with Crippen molar-refractivity contribution in [1.82, 2.24) is 9.78 Å². The van der Waals surface area contributed by atoms with E-state index in [0.717, 1.165) is 24.5 Å². The van der Waals surface area contributed by atoms with Crippen LogP contribution in [-0.4, -0.2) is 9.78 Å². The molecular weight excluding hydrogens is 246 g/mol. The SMILES string of the molecule is C=CCn1nc(Nc2ccccc2)cc1CCCCC. The smallest absolute Gasteiger partial charge is 0.152 e. The van der Waals surface area contributed by atoms with Crippen LogP contribution in [-0.2, 0) is 13.0 Å². The quantitative estimate of drug-likeness (QED) is 0.563. The van der Waals surface area contributed by atoms with E-state index in [4.69, 9.17) is 0 Å². The largest absolute Gasteiger partial charge is 0.339 e. The minimum absolute atomic E-state index is 0.762. The first-order valence-electron chi connectivity index (χ1n) is 7.33. The lowest BCUT2D eigenvalue weighted by molar-refractivity contribution is 0.625. The predicted molar refractivity (Wildman–Crippen MR) is 85.4 cm³/mol. The Hall–Kier alpha value is -2.03. The molecule has 1 N–H and O–H groups in total. The van der Waals surface area contributed by atoms with E-state index in [2.05, 4.69) is 30.0 Å². The highest BCUT2D eigenvalue weighted by atomic mass is 15.3. The summed E-state index contributed by atoms with van der Waals surface area (Å²) in [6.07, 6.45) is 6.68. The number of benzene rings is 1. The molecule has 0 aliphatic heterocycles. The molecule has 3 nitrogen and oxygen atoms in total. The molecule has 0 aliphatic rings. The highest BCUT2D eigenvalue weighted by Gasteiger charge is 2.07. The Labute approximate surface area is 121 Å². The van der Waals surface area contributed by atoms with Crippen molar-refractivity contribution in [2.45, 2.75) is 39.2 Å². The van der Waals surface area contributed by atoms with Crippen molar-refractivity contribution in [3.8, 4) is 0 Å². The first-order valence-corrected chi connectivity index (χ1v) is 7.33. The fourth-order valence-electron chi connectivity index (χ4n) is 2.22. The normalized spacial score (nSPS) is 10.4. The van der Waals surface area contributed by atoms with Gasteiger partial charge in [0.25, 0.3) is 0 Å². The highest BCUT2D eigenvalue weighted by molar-refractivity contribution is 5.55. The van der Waals surface area contributed by atoms with E-state index in [1.54, 1.807) is 0 Å². The molecule has 0 amide bonds. The van der Waals surface area contributed by atoms with Gasteiger partial charge in [0, 0.05) is 17.4 Å². The predicted octanol–water partition coefficient (Wildman–Crippen LogP) is 4.55. The highest BCUT2D eigenvalue weighted by Crippen LogP contribution is 2.18. The molecule has 2 aromatic rings. The van der Waals surface area contributed by atoms with E-state index >= 15 is 0 Å². The van der Waals surface area contributed by atoms with E-state index in [1.165, 1.54) is 25.0 Å². The summed E-state index contributed by atoms with van der Waals surface area (Å²) in [5, 5.41) is 7.96. The minimum atomic E-state index is 0.762. The molecule has 2 rings (SSSR count). The molecule has 0 radical (unpaired) electrons. The summed E-state index contributed by atoms with van der Waals surface area (Å²) in [7, 11) is 0. The number of aryl methyl sites for hydroxylation is 1. The van der Waals surface area contributed by atoms with Gasteiger partial charge in [0.1, 0.15) is 0 Å². The third kappa shape index (κ3) is 3.98. The molecular formula is C17H23N3. The second-order valence-corrected chi connectivity index (χ2v) is 4.94. The number of anilines is 2. The number of unbranched alkanes of at least 4 members (excludes halogenated alkanes) is 2. The van der Waals surface area contributed by atoms with Gasteiger partial charge in [0.15, 0.2) is 5.82 Å². The maximum Gasteiger partial charge on any atom is 0.152 e. The average molecular weight is 269 g/mol. The van der Waals surface area contributed by atoms with E-state index in [0.29, 0.717) is 0 Å². The van der Waals surface area contributed by atoms with Gasteiger partial charge in [-0.1, -0.05) is 44.0 Å². The summed E-state index contributed by atoms with van der Waals surface area (Å²) in [6, 6.07) is 12.3. The summed E-state index contributed by atoms with van der Waals surface area (Å²) < 4.78 is 2.04. The number of aromatic nitrogens is 2. The van der Waals surface area contributed by atoms with Crippen molar-refractivity contribution in [3.05, 3.63) is 54.7 Å². The summed E-state index contributed by atoms with van der Waals surface area (Å²) in [5.41, 5.74) is 2.34. The van der Waals surface area contributed by atoms with E-state index in [-0.39, 0.29) is 0 Å². The van der Waals surface area contributed by atoms with Crippen LogP contribution in [0.1, 0.15) is 31.9 Å². The van der Waals surface area contributed by atoms with Crippen molar-refractivity contribution in [3.63, 3.8) is 0 Å². The lowest BCUT2D eigenvalue weighted by atomic mass is 10.1. The number of para-hydroxylation sites is 1. The third-order valence-electron chi connectivity index (χ3n) is 3.25. The Morgan fingerprint density at radius 3 is 2.75 bits per heavy atom. The molecule has 106 valence electrons. The van der Waals surface area contributed by atoms with Crippen LogP contribution in [0.4, 0.5) is 11.5 Å². The Kier molecular flexibility index (Phi) is 5.42. The number of hydrogen-bond acceptors (Lipinski definition) is 2. The Bertz CT molecular complexity index is 528. The lowest BCUT2D eigenvalue weighted by Crippen LogP contribution is -2.03. The first kappa shape index (κ1) is 14.4. The van der Waals surface area contributed by atoms with Gasteiger partial charge in [-0.25, -0.2) is 0 Å². The fraction of sp³-hybridized carbons (Fsp3) is 0.353. The number of allylic oxidation sites excluding steroid dienone is 1. The van der Waals surface area contributed by atoms with Crippen molar-refractivity contribution < 1.29 is 0 Å². The van der Waals surface area contributed by atoms with Crippen molar-refractivity contribution in [2.75, 3.05) is 5.32 Å². The number of nitrogens with one attached hydrogen (secondary N) is 1. The van der Waals surface area contributed by atoms with Gasteiger partial charge in [-0.05, 0) is 25.0 Å². The molecule has 0 saturated carbocycles. The van der Waals surface area contributed by atoms with Crippen molar-refractivity contribution in [1.29, 1.82) is 0 Å². The lowest BCUT2D eigenvalue weighted by Gasteiger charge is -2.03. The fourth-order valence-corrected chi connectivity index (χ4v) is 2.22. The van der Waals surface area contributed by atoms with Crippen LogP contribution in [0.15, 0.2) is 49.1 Å². The zero-order valence-electron chi connectivity index (χ0n) is 12.2. The maximum absolute atomic E-state index is 4.61. The Morgan fingerprint density at radius 2 is 2.05 bits per heavy atom. The molecule has 1 aromatic heterocycles. The van der Waals surface area contributed by atoms with Crippen LogP contribution in [0.2, 0.25) is 0 Å². The van der Waals surface area contributed by atoms with Crippen LogP contribution < -0.4 is 5.32 Å². The van der Waals surface area contributed by atoms with Crippen molar-refractivity contribution in [2.24, 2.45) is 0 Å². The topological polar surface area (TPSA) is 29.9 Å². The second kappa shape index (κ2) is 7.53. The minimum Gasteiger partial charge on any atom is -0.339 e. The standard InChI is InChI=1S/C17H23N3/c1-3-5-7-12-16-14-17(19-20(16)13-4-2)18-15-10-8-6-9-11-15/h4,6,8-11,14H,2-3,5,7,12-13H2,1H3,(H,18,19). The number of hydrogen-bond donors (Lipinski definition) is 1. The van der Waals surface area contributed by atoms with E-state index in [1.807, 2.05) is 41.1 Å². The first-order chi connectivity index (χ1) is 9.83. The zero-order chi connectivity index (χ0) is 14.2. The van der Waals surface area contributed by atoms with E-state index in [9.17, 15) is 0 Å². The molecule has 1 heterocycles. The summed E-state index contributed by atoms with van der Waals surface area (Å²) in [6.45, 7) is 6.79. The maximum atomic E-state index is 4.61. The summed E-state index contributed by atoms with van der Waals surface area (Å²) in [5.74, 6) is 0.907. The molecule has 20 heavy (non-hydrogen) atoms. The van der Waals surface area contributed by atoms with Crippen LogP contribution in [0.25, 0.3) is 0 Å². The monoisotopic (exact) mass is 269 g/mol. The molecule has 3 heteroatoms. The second-order valence-electron chi connectivity index (χ2n) is 4.94. The summed E-state index contributed by atoms with van der Waals surface area (Å²) >= 11 is 0. The van der Waals surface area contributed by atoms with Crippen LogP contribution in [0.3, 0.4) is 0 Å². The molecule has 0 aliphatic carbocycles. The van der Waals surface area contributed by atoms with Crippen LogP contribution in [0, 0.1) is 0 Å². The van der Waals surface area contributed by atoms with Gasteiger partial charge in [-0.15, -0.1) is 6.58 Å². The average Bonchev–Trinajstić information content (AvgIpc) is 2.83. The molecule has 0 spiro atoms. The number of nitrogens with zero attached hydrogens (tertiary/aromatic N) is 2. The molecule has 0 saturated heterocycles. The molecule has 0 unspecified atom stereocenters.